The first-order chi connectivity index (χ1) is 15.3. The van der Waals surface area contributed by atoms with Crippen molar-refractivity contribution in [1.29, 1.82) is 0 Å². The first-order valence-electron chi connectivity index (χ1n) is 10.4. The smallest absolute Gasteiger partial charge is 0.275 e. The number of hydrogen-bond donors (Lipinski definition) is 1. The fraction of sp³-hybridized carbons (Fsp3) is 0.318. The fourth-order valence-corrected chi connectivity index (χ4v) is 3.19. The second kappa shape index (κ2) is 8.66. The van der Waals surface area contributed by atoms with Gasteiger partial charge in [0.05, 0.1) is 12.0 Å². The molecule has 0 spiro atoms. The Morgan fingerprint density at radius 3 is 2.66 bits per heavy atom. The van der Waals surface area contributed by atoms with Crippen molar-refractivity contribution in [1.82, 2.24) is 39.7 Å². The third-order valence-electron chi connectivity index (χ3n) is 5.01. The van der Waals surface area contributed by atoms with Gasteiger partial charge < -0.3 is 9.88 Å². The average molecular weight is 432 g/mol. The van der Waals surface area contributed by atoms with Crippen LogP contribution in [0.15, 0.2) is 43.0 Å². The number of tetrazole rings is 1. The molecule has 0 atom stereocenters. The Labute approximate surface area is 185 Å². The molecule has 4 aromatic rings. The molecule has 0 saturated heterocycles. The highest BCUT2D eigenvalue weighted by molar-refractivity contribution is 6.03. The van der Waals surface area contributed by atoms with Gasteiger partial charge in [-0.25, -0.2) is 9.97 Å². The van der Waals surface area contributed by atoms with E-state index >= 15 is 0 Å². The van der Waals surface area contributed by atoms with E-state index in [2.05, 4.69) is 49.6 Å². The quantitative estimate of drug-likeness (QED) is 0.496. The number of amides is 1. The van der Waals surface area contributed by atoms with Crippen molar-refractivity contribution in [3.63, 3.8) is 0 Å². The van der Waals surface area contributed by atoms with E-state index in [1.165, 1.54) is 0 Å². The van der Waals surface area contributed by atoms with Crippen LogP contribution in [0.25, 0.3) is 17.1 Å². The van der Waals surface area contributed by atoms with E-state index in [1.54, 1.807) is 41.5 Å². The van der Waals surface area contributed by atoms with Crippen LogP contribution in [0.5, 0.6) is 0 Å². The number of carbonyl (C=O) groups excluding carboxylic acids is 1. The normalized spacial score (nSPS) is 11.3. The van der Waals surface area contributed by atoms with E-state index in [-0.39, 0.29) is 17.5 Å². The Bertz CT molecular complexity index is 1260. The monoisotopic (exact) mass is 431 g/mol. The van der Waals surface area contributed by atoms with E-state index in [4.69, 9.17) is 0 Å². The predicted molar refractivity (Wildman–Crippen MR) is 120 cm³/mol. The average Bonchev–Trinajstić information content (AvgIpc) is 3.44. The summed E-state index contributed by atoms with van der Waals surface area (Å²) < 4.78 is 3.59. The largest absolute Gasteiger partial charge is 0.334 e. The molecule has 10 nitrogen and oxygen atoms in total. The van der Waals surface area contributed by atoms with E-state index in [0.717, 1.165) is 16.8 Å². The summed E-state index contributed by atoms with van der Waals surface area (Å²) in [5.41, 5.74) is 2.88. The van der Waals surface area contributed by atoms with Crippen LogP contribution in [0.3, 0.4) is 0 Å². The molecule has 4 heterocycles. The molecular formula is C22H25N9O. The Hall–Kier alpha value is -3.95. The number of aromatic nitrogens is 8. The standard InChI is InChI=1S/C22H25N9O/c1-13(2)21-27-28-29-31(21)20-8-6-7-19(25-20)26-22(32)17-9-16(15(5)10-23-17)18-11-30(12-24-18)14(3)4/h6-14H,1-5H3,(H,25,26,32). The number of aryl methyl sites for hydroxylation is 1. The van der Waals surface area contributed by atoms with Gasteiger partial charge in [0.15, 0.2) is 11.6 Å². The zero-order valence-corrected chi connectivity index (χ0v) is 18.7. The maximum Gasteiger partial charge on any atom is 0.275 e. The van der Waals surface area contributed by atoms with E-state index < -0.39 is 0 Å². The molecule has 0 bridgehead atoms. The topological polar surface area (TPSA) is 116 Å². The summed E-state index contributed by atoms with van der Waals surface area (Å²) >= 11 is 0. The number of anilines is 1. The van der Waals surface area contributed by atoms with Gasteiger partial charge in [-0.2, -0.15) is 4.68 Å². The molecule has 0 unspecified atom stereocenters. The molecule has 0 saturated carbocycles. The van der Waals surface area contributed by atoms with Gasteiger partial charge in [0.25, 0.3) is 5.91 Å². The van der Waals surface area contributed by atoms with Crippen LogP contribution < -0.4 is 5.32 Å². The lowest BCUT2D eigenvalue weighted by Crippen LogP contribution is -2.16. The van der Waals surface area contributed by atoms with Gasteiger partial charge in [-0.05, 0) is 55.0 Å². The molecule has 0 aliphatic rings. The second-order valence-corrected chi connectivity index (χ2v) is 8.12. The van der Waals surface area contributed by atoms with Crippen molar-refractivity contribution in [3.8, 4) is 17.1 Å². The number of nitrogens with one attached hydrogen (secondary N) is 1. The molecule has 0 aliphatic heterocycles. The lowest BCUT2D eigenvalue weighted by atomic mass is 10.1. The summed E-state index contributed by atoms with van der Waals surface area (Å²) in [4.78, 5) is 26.2. The Balaban J connectivity index is 1.59. The van der Waals surface area contributed by atoms with Gasteiger partial charge in [-0.15, -0.1) is 5.10 Å². The highest BCUT2D eigenvalue weighted by atomic mass is 16.1. The molecule has 1 amide bonds. The zero-order valence-electron chi connectivity index (χ0n) is 18.7. The summed E-state index contributed by atoms with van der Waals surface area (Å²) in [5.74, 6) is 1.35. The lowest BCUT2D eigenvalue weighted by molar-refractivity contribution is 0.102. The minimum absolute atomic E-state index is 0.124. The van der Waals surface area contributed by atoms with Crippen molar-refractivity contribution < 1.29 is 4.79 Å². The van der Waals surface area contributed by atoms with Gasteiger partial charge in [0.1, 0.15) is 11.5 Å². The SMILES string of the molecule is Cc1cnc(C(=O)Nc2cccc(-n3nnnc3C(C)C)n2)cc1-c1cn(C(C)C)cn1. The molecule has 32 heavy (non-hydrogen) atoms. The Kier molecular flexibility index (Phi) is 5.76. The number of imidazole rings is 1. The lowest BCUT2D eigenvalue weighted by Gasteiger charge is -2.10. The van der Waals surface area contributed by atoms with E-state index in [0.29, 0.717) is 23.5 Å². The number of hydrogen-bond acceptors (Lipinski definition) is 7. The van der Waals surface area contributed by atoms with Gasteiger partial charge in [0.2, 0.25) is 0 Å². The highest BCUT2D eigenvalue weighted by Crippen LogP contribution is 2.23. The number of carbonyl (C=O) groups is 1. The Morgan fingerprint density at radius 2 is 1.94 bits per heavy atom. The summed E-state index contributed by atoms with van der Waals surface area (Å²) in [5, 5.41) is 14.6. The van der Waals surface area contributed by atoms with Crippen LogP contribution >= 0.6 is 0 Å². The third-order valence-corrected chi connectivity index (χ3v) is 5.01. The van der Waals surface area contributed by atoms with Crippen molar-refractivity contribution in [2.24, 2.45) is 0 Å². The molecule has 10 heteroatoms. The summed E-state index contributed by atoms with van der Waals surface area (Å²) in [7, 11) is 0. The van der Waals surface area contributed by atoms with E-state index in [9.17, 15) is 4.79 Å². The summed E-state index contributed by atoms with van der Waals surface area (Å²) in [6, 6.07) is 7.33. The van der Waals surface area contributed by atoms with Crippen molar-refractivity contribution >= 4 is 11.7 Å². The Morgan fingerprint density at radius 1 is 1.12 bits per heavy atom. The van der Waals surface area contributed by atoms with Crippen LogP contribution in [0.4, 0.5) is 5.82 Å². The predicted octanol–water partition coefficient (Wildman–Crippen LogP) is 3.58. The first-order valence-corrected chi connectivity index (χ1v) is 10.4. The van der Waals surface area contributed by atoms with Crippen molar-refractivity contribution in [2.75, 3.05) is 5.32 Å². The van der Waals surface area contributed by atoms with Crippen LogP contribution in [-0.2, 0) is 0 Å². The van der Waals surface area contributed by atoms with Crippen LogP contribution in [0.2, 0.25) is 0 Å². The molecular weight excluding hydrogens is 406 g/mol. The first kappa shape index (κ1) is 21.3. The molecule has 0 aromatic carbocycles. The van der Waals surface area contributed by atoms with Gasteiger partial charge in [-0.1, -0.05) is 19.9 Å². The maximum absolute atomic E-state index is 12.9. The summed E-state index contributed by atoms with van der Waals surface area (Å²) in [6.45, 7) is 10.1. The molecule has 1 N–H and O–H groups in total. The number of rotatable bonds is 6. The van der Waals surface area contributed by atoms with Crippen LogP contribution in [0.1, 0.15) is 61.5 Å². The van der Waals surface area contributed by atoms with Gasteiger partial charge in [0, 0.05) is 29.9 Å². The van der Waals surface area contributed by atoms with Crippen molar-refractivity contribution in [2.45, 2.75) is 46.6 Å². The van der Waals surface area contributed by atoms with E-state index in [1.807, 2.05) is 31.5 Å². The van der Waals surface area contributed by atoms with Gasteiger partial charge in [-0.3, -0.25) is 9.78 Å². The maximum atomic E-state index is 12.9. The number of nitrogens with zero attached hydrogens (tertiary/aromatic N) is 8. The summed E-state index contributed by atoms with van der Waals surface area (Å²) in [6.07, 6.45) is 5.44. The van der Waals surface area contributed by atoms with Crippen LogP contribution in [-0.4, -0.2) is 45.6 Å². The fourth-order valence-electron chi connectivity index (χ4n) is 3.19. The molecule has 4 aromatic heterocycles. The molecule has 164 valence electrons. The minimum Gasteiger partial charge on any atom is -0.334 e. The third kappa shape index (κ3) is 4.25. The molecule has 0 fully saturated rings. The molecule has 0 radical (unpaired) electrons. The van der Waals surface area contributed by atoms with Crippen LogP contribution in [0, 0.1) is 6.92 Å². The van der Waals surface area contributed by atoms with Crippen molar-refractivity contribution in [3.05, 3.63) is 60.1 Å². The second-order valence-electron chi connectivity index (χ2n) is 8.12. The zero-order chi connectivity index (χ0) is 22.8. The molecule has 0 aliphatic carbocycles. The highest BCUT2D eigenvalue weighted by Gasteiger charge is 2.16. The number of pyridine rings is 2. The minimum atomic E-state index is -0.361. The van der Waals surface area contributed by atoms with Gasteiger partial charge >= 0.3 is 0 Å². The molecule has 4 rings (SSSR count).